The molecule has 100 valence electrons. The molecule has 0 bridgehead atoms. The van der Waals surface area contributed by atoms with Gasteiger partial charge in [-0.25, -0.2) is 4.79 Å². The van der Waals surface area contributed by atoms with Gasteiger partial charge in [-0.2, -0.15) is 0 Å². The molecule has 0 aliphatic heterocycles. The van der Waals surface area contributed by atoms with Crippen LogP contribution in [0.1, 0.15) is 71.1 Å². The zero-order chi connectivity index (χ0) is 13.5. The summed E-state index contributed by atoms with van der Waals surface area (Å²) in [6, 6.07) is 0. The number of aliphatic carboxylic acids is 1. The van der Waals surface area contributed by atoms with Gasteiger partial charge in [-0.1, -0.05) is 64.2 Å². The van der Waals surface area contributed by atoms with Gasteiger partial charge < -0.3 is 5.11 Å². The van der Waals surface area contributed by atoms with Crippen LogP contribution in [0.4, 0.5) is 0 Å². The molecular formula is C16H24O2. The van der Waals surface area contributed by atoms with E-state index in [1.54, 1.807) is 0 Å². The van der Waals surface area contributed by atoms with Crippen LogP contribution < -0.4 is 0 Å². The highest BCUT2D eigenvalue weighted by molar-refractivity contribution is 5.87. The normalized spacial score (nSPS) is 8.94. The van der Waals surface area contributed by atoms with Gasteiger partial charge in [0.2, 0.25) is 0 Å². The molecule has 2 heteroatoms. The van der Waals surface area contributed by atoms with Gasteiger partial charge in [-0.05, 0) is 18.3 Å². The SMILES string of the molecule is CCCCCCCCCCCC#CC#CC(=O)O. The van der Waals surface area contributed by atoms with Crippen molar-refractivity contribution in [2.75, 3.05) is 0 Å². The van der Waals surface area contributed by atoms with Crippen molar-refractivity contribution in [2.45, 2.75) is 71.1 Å². The molecular weight excluding hydrogens is 224 g/mol. The maximum absolute atomic E-state index is 10.1. The highest BCUT2D eigenvalue weighted by Crippen LogP contribution is 2.09. The summed E-state index contributed by atoms with van der Waals surface area (Å²) in [6.45, 7) is 2.24. The van der Waals surface area contributed by atoms with Crippen molar-refractivity contribution in [1.82, 2.24) is 0 Å². The molecule has 0 heterocycles. The standard InChI is InChI=1S/C16H24O2/c1-2-3-4-5-6-7-8-9-10-11-12-13-14-15-16(17)18/h2-11H2,1H3,(H,17,18). The van der Waals surface area contributed by atoms with Crippen molar-refractivity contribution in [2.24, 2.45) is 0 Å². The maximum atomic E-state index is 10.1. The number of rotatable bonds is 9. The Balaban J connectivity index is 3.21. The second kappa shape index (κ2) is 13.7. The average molecular weight is 248 g/mol. The van der Waals surface area contributed by atoms with Crippen molar-refractivity contribution in [3.05, 3.63) is 0 Å². The molecule has 0 atom stereocenters. The van der Waals surface area contributed by atoms with Crippen LogP contribution in [-0.4, -0.2) is 11.1 Å². The second-order valence-electron chi connectivity index (χ2n) is 4.44. The monoisotopic (exact) mass is 248 g/mol. The lowest BCUT2D eigenvalue weighted by atomic mass is 10.1. The zero-order valence-electron chi connectivity index (χ0n) is 11.4. The van der Waals surface area contributed by atoms with E-state index in [4.69, 9.17) is 5.11 Å². The third kappa shape index (κ3) is 14.6. The number of unbranched alkanes of at least 4 members (excludes halogenated alkanes) is 9. The molecule has 0 saturated carbocycles. The van der Waals surface area contributed by atoms with Gasteiger partial charge in [0.15, 0.2) is 0 Å². The first-order valence-electron chi connectivity index (χ1n) is 6.99. The Morgan fingerprint density at radius 3 is 2.00 bits per heavy atom. The minimum Gasteiger partial charge on any atom is -0.472 e. The Hall–Kier alpha value is -1.41. The van der Waals surface area contributed by atoms with Crippen LogP contribution in [0, 0.1) is 23.7 Å². The third-order valence-corrected chi connectivity index (χ3v) is 2.73. The number of carbonyl (C=O) groups is 1. The third-order valence-electron chi connectivity index (χ3n) is 2.73. The second-order valence-corrected chi connectivity index (χ2v) is 4.44. The highest BCUT2D eigenvalue weighted by atomic mass is 16.4. The van der Waals surface area contributed by atoms with Crippen molar-refractivity contribution >= 4 is 5.97 Å². The van der Waals surface area contributed by atoms with E-state index in [-0.39, 0.29) is 0 Å². The summed E-state index contributed by atoms with van der Waals surface area (Å²) in [5, 5.41) is 8.25. The predicted octanol–water partition coefficient (Wildman–Crippen LogP) is 4.00. The van der Waals surface area contributed by atoms with Crippen LogP contribution >= 0.6 is 0 Å². The Labute approximate surface area is 111 Å². The fourth-order valence-corrected chi connectivity index (χ4v) is 1.72. The zero-order valence-corrected chi connectivity index (χ0v) is 11.4. The van der Waals surface area contributed by atoms with E-state index in [9.17, 15) is 4.79 Å². The fourth-order valence-electron chi connectivity index (χ4n) is 1.72. The van der Waals surface area contributed by atoms with Gasteiger partial charge >= 0.3 is 5.97 Å². The van der Waals surface area contributed by atoms with Crippen LogP contribution in [0.2, 0.25) is 0 Å². The van der Waals surface area contributed by atoms with Crippen molar-refractivity contribution < 1.29 is 9.90 Å². The lowest BCUT2D eigenvalue weighted by Gasteiger charge is -1.99. The summed E-state index contributed by atoms with van der Waals surface area (Å²) < 4.78 is 0. The summed E-state index contributed by atoms with van der Waals surface area (Å²) in [5.41, 5.74) is 0. The van der Waals surface area contributed by atoms with Crippen molar-refractivity contribution in [3.8, 4) is 23.7 Å². The van der Waals surface area contributed by atoms with Gasteiger partial charge in [0, 0.05) is 12.3 Å². The lowest BCUT2D eigenvalue weighted by Crippen LogP contribution is -1.85. The van der Waals surface area contributed by atoms with Crippen LogP contribution in [0.25, 0.3) is 0 Å². The molecule has 0 unspecified atom stereocenters. The molecule has 0 aromatic rings. The van der Waals surface area contributed by atoms with Gasteiger partial charge in [-0.3, -0.25) is 0 Å². The topological polar surface area (TPSA) is 37.3 Å². The molecule has 1 N–H and O–H groups in total. The van der Waals surface area contributed by atoms with Crippen molar-refractivity contribution in [1.29, 1.82) is 0 Å². The molecule has 0 fully saturated rings. The van der Waals surface area contributed by atoms with Crippen molar-refractivity contribution in [3.63, 3.8) is 0 Å². The van der Waals surface area contributed by atoms with E-state index in [0.29, 0.717) is 0 Å². The maximum Gasteiger partial charge on any atom is 0.382 e. The minimum absolute atomic E-state index is 0.824. The van der Waals surface area contributed by atoms with Crippen LogP contribution in [0.15, 0.2) is 0 Å². The predicted molar refractivity (Wildman–Crippen MR) is 75.0 cm³/mol. The molecule has 0 aliphatic rings. The molecule has 18 heavy (non-hydrogen) atoms. The lowest BCUT2D eigenvalue weighted by molar-refractivity contribution is -0.130. The summed E-state index contributed by atoms with van der Waals surface area (Å²) >= 11 is 0. The number of carboxylic acid groups (broad SMARTS) is 1. The smallest absolute Gasteiger partial charge is 0.382 e. The van der Waals surface area contributed by atoms with Gasteiger partial charge in [0.1, 0.15) is 0 Å². The molecule has 0 saturated heterocycles. The first-order valence-corrected chi connectivity index (χ1v) is 6.99. The number of carboxylic acids is 1. The van der Waals surface area contributed by atoms with E-state index < -0.39 is 5.97 Å². The quantitative estimate of drug-likeness (QED) is 0.494. The number of hydrogen-bond donors (Lipinski definition) is 1. The van der Waals surface area contributed by atoms with Gasteiger partial charge in [0.25, 0.3) is 0 Å². The highest BCUT2D eigenvalue weighted by Gasteiger charge is 1.90. The van der Waals surface area contributed by atoms with E-state index in [0.717, 1.165) is 12.8 Å². The largest absolute Gasteiger partial charge is 0.472 e. The molecule has 2 nitrogen and oxygen atoms in total. The Kier molecular flexibility index (Phi) is 12.6. The molecule has 0 radical (unpaired) electrons. The van der Waals surface area contributed by atoms with Crippen LogP contribution in [0.5, 0.6) is 0 Å². The van der Waals surface area contributed by atoms with Gasteiger partial charge in [0.05, 0.1) is 0 Å². The molecule has 0 aromatic heterocycles. The Bertz CT molecular complexity index is 322. The Morgan fingerprint density at radius 1 is 0.889 bits per heavy atom. The minimum atomic E-state index is -1.12. The van der Waals surface area contributed by atoms with E-state index in [2.05, 4.69) is 24.7 Å². The summed E-state index contributed by atoms with van der Waals surface area (Å²) in [7, 11) is 0. The first kappa shape index (κ1) is 16.6. The van der Waals surface area contributed by atoms with Crippen LogP contribution in [0.3, 0.4) is 0 Å². The van der Waals surface area contributed by atoms with Gasteiger partial charge in [-0.15, -0.1) is 0 Å². The van der Waals surface area contributed by atoms with E-state index in [1.165, 1.54) is 51.4 Å². The molecule has 0 rings (SSSR count). The first-order chi connectivity index (χ1) is 8.77. The molecule has 0 spiro atoms. The molecule has 0 aliphatic carbocycles. The average Bonchev–Trinajstić information content (AvgIpc) is 2.34. The summed E-state index contributed by atoms with van der Waals surface area (Å²) in [6.07, 6.45) is 12.5. The fraction of sp³-hybridized carbons (Fsp3) is 0.688. The summed E-state index contributed by atoms with van der Waals surface area (Å²) in [4.78, 5) is 10.1. The van der Waals surface area contributed by atoms with Crippen LogP contribution in [-0.2, 0) is 4.79 Å². The Morgan fingerprint density at radius 2 is 1.44 bits per heavy atom. The van der Waals surface area contributed by atoms with E-state index in [1.807, 2.05) is 5.92 Å². The number of hydrogen-bond acceptors (Lipinski definition) is 1. The van der Waals surface area contributed by atoms with E-state index >= 15 is 0 Å². The summed E-state index contributed by atoms with van der Waals surface area (Å²) in [5.74, 6) is 8.58. The molecule has 0 aromatic carbocycles. The molecule has 0 amide bonds.